The summed E-state index contributed by atoms with van der Waals surface area (Å²) < 4.78 is 8.96. The second-order valence-corrected chi connectivity index (χ2v) is 15.5. The molecular formula is C55H32N4O. The lowest BCUT2D eigenvalue weighted by Crippen LogP contribution is -2.07. The summed E-state index contributed by atoms with van der Waals surface area (Å²) in [5.74, 6) is 1.70. The van der Waals surface area contributed by atoms with Crippen molar-refractivity contribution in [3.63, 3.8) is 0 Å². The fourth-order valence-electron chi connectivity index (χ4n) is 9.57. The minimum atomic E-state index is 0.545. The van der Waals surface area contributed by atoms with Gasteiger partial charge in [0.05, 0.1) is 11.0 Å². The van der Waals surface area contributed by atoms with E-state index in [1.54, 1.807) is 0 Å². The molecule has 0 aliphatic carbocycles. The summed E-state index contributed by atoms with van der Waals surface area (Å²) in [6.07, 6.45) is 0. The molecule has 0 saturated carbocycles. The molecule has 0 unspecified atom stereocenters. The Bertz CT molecular complexity index is 3900. The van der Waals surface area contributed by atoms with Crippen LogP contribution in [0.15, 0.2) is 199 Å². The van der Waals surface area contributed by atoms with Gasteiger partial charge in [-0.15, -0.1) is 0 Å². The molecule has 5 nitrogen and oxygen atoms in total. The highest BCUT2D eigenvalue weighted by molar-refractivity contribution is 6.26. The second kappa shape index (κ2) is 12.7. The highest BCUT2D eigenvalue weighted by Crippen LogP contribution is 2.43. The molecule has 0 spiro atoms. The van der Waals surface area contributed by atoms with E-state index in [2.05, 4.69) is 187 Å². The first-order chi connectivity index (χ1) is 29.8. The van der Waals surface area contributed by atoms with Gasteiger partial charge in [-0.05, 0) is 62.1 Å². The predicted octanol–water partition coefficient (Wildman–Crippen LogP) is 14.5. The average molecular weight is 765 g/mol. The number of benzene rings is 10. The molecule has 0 saturated heterocycles. The first-order valence-corrected chi connectivity index (χ1v) is 20.3. The molecule has 0 aliphatic rings. The smallest absolute Gasteiger partial charge is 0.238 e. The van der Waals surface area contributed by atoms with E-state index >= 15 is 0 Å². The maximum atomic E-state index is 6.70. The summed E-state index contributed by atoms with van der Waals surface area (Å²) in [6, 6.07) is 68.5. The fourth-order valence-corrected chi connectivity index (χ4v) is 9.57. The van der Waals surface area contributed by atoms with Crippen LogP contribution >= 0.6 is 0 Å². The number of hydrogen-bond donors (Lipinski definition) is 0. The van der Waals surface area contributed by atoms with E-state index in [0.717, 1.165) is 92.9 Å². The van der Waals surface area contributed by atoms with Crippen LogP contribution in [0.25, 0.3) is 127 Å². The van der Waals surface area contributed by atoms with Gasteiger partial charge in [0.25, 0.3) is 0 Å². The van der Waals surface area contributed by atoms with Gasteiger partial charge >= 0.3 is 0 Å². The van der Waals surface area contributed by atoms with Crippen LogP contribution in [-0.2, 0) is 0 Å². The van der Waals surface area contributed by atoms with E-state index in [-0.39, 0.29) is 0 Å². The highest BCUT2D eigenvalue weighted by atomic mass is 16.3. The summed E-state index contributed by atoms with van der Waals surface area (Å²) in [5, 5.41) is 13.4. The van der Waals surface area contributed by atoms with Crippen LogP contribution in [0, 0.1) is 0 Å². The third-order valence-electron chi connectivity index (χ3n) is 12.2. The van der Waals surface area contributed by atoms with Crippen LogP contribution in [0.4, 0.5) is 0 Å². The van der Waals surface area contributed by atoms with E-state index in [9.17, 15) is 0 Å². The lowest BCUT2D eigenvalue weighted by Gasteiger charge is -2.16. The third kappa shape index (κ3) is 4.77. The Hall–Kier alpha value is -8.15. The molecule has 0 aliphatic heterocycles. The quantitative estimate of drug-likeness (QED) is 0.179. The molecule has 3 heterocycles. The number of furan rings is 1. The molecule has 278 valence electrons. The minimum absolute atomic E-state index is 0.545. The molecule has 13 rings (SSSR count). The zero-order chi connectivity index (χ0) is 39.3. The van der Waals surface area contributed by atoms with Gasteiger partial charge in [-0.1, -0.05) is 170 Å². The SMILES string of the molecule is c1ccc(-c2c(-c3nc(-c4cccc5oc6c7ccccc7ccc6c45)nc(-n4c5ccc6ccccc6c5c5ccc6ccccc6c54)n3)ccc3ccccc23)cc1. The van der Waals surface area contributed by atoms with Crippen molar-refractivity contribution >= 4 is 86.8 Å². The van der Waals surface area contributed by atoms with Crippen LogP contribution in [0.5, 0.6) is 0 Å². The van der Waals surface area contributed by atoms with E-state index < -0.39 is 0 Å². The number of hydrogen-bond acceptors (Lipinski definition) is 4. The van der Waals surface area contributed by atoms with E-state index in [1.165, 1.54) is 16.2 Å². The number of rotatable bonds is 4. The Balaban J connectivity index is 1.19. The maximum Gasteiger partial charge on any atom is 0.238 e. The number of nitrogens with zero attached hydrogens (tertiary/aromatic N) is 4. The van der Waals surface area contributed by atoms with Crippen molar-refractivity contribution in [3.05, 3.63) is 194 Å². The number of aromatic nitrogens is 4. The number of fused-ring (bicyclic) bond motifs is 13. The van der Waals surface area contributed by atoms with Gasteiger partial charge in [-0.3, -0.25) is 4.57 Å². The summed E-state index contributed by atoms with van der Waals surface area (Å²) in [7, 11) is 0. The molecule has 0 radical (unpaired) electrons. The molecule has 3 aromatic heterocycles. The zero-order valence-electron chi connectivity index (χ0n) is 32.2. The summed E-state index contributed by atoms with van der Waals surface area (Å²) in [6.45, 7) is 0. The second-order valence-electron chi connectivity index (χ2n) is 15.5. The van der Waals surface area contributed by atoms with E-state index in [1.807, 2.05) is 12.1 Å². The minimum Gasteiger partial charge on any atom is -0.455 e. The van der Waals surface area contributed by atoms with Crippen molar-refractivity contribution in [2.24, 2.45) is 0 Å². The van der Waals surface area contributed by atoms with Crippen molar-refractivity contribution in [3.8, 4) is 39.9 Å². The Morgan fingerprint density at radius 2 is 0.950 bits per heavy atom. The highest BCUT2D eigenvalue weighted by Gasteiger charge is 2.24. The first kappa shape index (κ1) is 32.9. The molecule has 5 heteroatoms. The van der Waals surface area contributed by atoms with E-state index in [4.69, 9.17) is 19.4 Å². The Kier molecular flexibility index (Phi) is 6.95. The van der Waals surface area contributed by atoms with Crippen LogP contribution in [0.3, 0.4) is 0 Å². The zero-order valence-corrected chi connectivity index (χ0v) is 32.2. The molecule has 0 N–H and O–H groups in total. The average Bonchev–Trinajstić information content (AvgIpc) is 3.88. The summed E-state index contributed by atoms with van der Waals surface area (Å²) in [5.41, 5.74) is 7.71. The summed E-state index contributed by atoms with van der Waals surface area (Å²) in [4.78, 5) is 16.5. The van der Waals surface area contributed by atoms with Gasteiger partial charge in [0.1, 0.15) is 11.2 Å². The predicted molar refractivity (Wildman–Crippen MR) is 248 cm³/mol. The van der Waals surface area contributed by atoms with Gasteiger partial charge < -0.3 is 4.42 Å². The van der Waals surface area contributed by atoms with Crippen molar-refractivity contribution in [1.29, 1.82) is 0 Å². The molecule has 0 bridgehead atoms. The maximum absolute atomic E-state index is 6.70. The molecule has 0 amide bonds. The van der Waals surface area contributed by atoms with Gasteiger partial charge in [-0.2, -0.15) is 9.97 Å². The molecule has 10 aromatic carbocycles. The molecular weight excluding hydrogens is 733 g/mol. The molecule has 0 fully saturated rings. The van der Waals surface area contributed by atoms with Crippen LogP contribution in [-0.4, -0.2) is 19.5 Å². The topological polar surface area (TPSA) is 56.7 Å². The van der Waals surface area contributed by atoms with Crippen molar-refractivity contribution < 1.29 is 4.42 Å². The molecule has 60 heavy (non-hydrogen) atoms. The van der Waals surface area contributed by atoms with Crippen LogP contribution < -0.4 is 0 Å². The van der Waals surface area contributed by atoms with Gasteiger partial charge in [0, 0.05) is 49.0 Å². The van der Waals surface area contributed by atoms with Crippen molar-refractivity contribution in [1.82, 2.24) is 19.5 Å². The molecule has 13 aromatic rings. The lowest BCUT2D eigenvalue weighted by atomic mass is 9.93. The Morgan fingerprint density at radius 1 is 0.367 bits per heavy atom. The van der Waals surface area contributed by atoms with Crippen LogP contribution in [0.1, 0.15) is 0 Å². The fraction of sp³-hybridized carbons (Fsp3) is 0. The van der Waals surface area contributed by atoms with Gasteiger partial charge in [0.2, 0.25) is 5.95 Å². The van der Waals surface area contributed by atoms with E-state index in [0.29, 0.717) is 17.6 Å². The monoisotopic (exact) mass is 764 g/mol. The van der Waals surface area contributed by atoms with Gasteiger partial charge in [-0.25, -0.2) is 4.98 Å². The summed E-state index contributed by atoms with van der Waals surface area (Å²) >= 11 is 0. The first-order valence-electron chi connectivity index (χ1n) is 20.3. The molecule has 0 atom stereocenters. The Morgan fingerprint density at radius 3 is 1.73 bits per heavy atom. The normalized spacial score (nSPS) is 12.0. The standard InChI is InChI=1S/C55H32N4O/c1-2-17-37(18-3-1)48-38-19-8-4-13-33(38)27-31-45(48)54-56-53(44-23-12-24-47-50(44)43-30-26-36-16-7-11-22-41(36)52(43)60-47)57-55(58-54)59-46-32-28-34-14-5-9-20-39(34)49(46)42-29-25-35-15-6-10-21-40(35)51(42)59/h1-32H. The van der Waals surface area contributed by atoms with Crippen LogP contribution in [0.2, 0.25) is 0 Å². The Labute approximate surface area is 343 Å². The van der Waals surface area contributed by atoms with Crippen molar-refractivity contribution in [2.45, 2.75) is 0 Å². The van der Waals surface area contributed by atoms with Crippen molar-refractivity contribution in [2.75, 3.05) is 0 Å². The third-order valence-corrected chi connectivity index (χ3v) is 12.2. The van der Waals surface area contributed by atoms with Gasteiger partial charge in [0.15, 0.2) is 11.6 Å². The largest absolute Gasteiger partial charge is 0.455 e. The lowest BCUT2D eigenvalue weighted by molar-refractivity contribution is 0.672.